The number of hydrogen-bond acceptors (Lipinski definition) is 4. The van der Waals surface area contributed by atoms with Gasteiger partial charge in [-0.3, -0.25) is 4.79 Å². The van der Waals surface area contributed by atoms with Crippen LogP contribution in [0.15, 0.2) is 0 Å². The molecule has 0 aromatic heterocycles. The molecule has 15 heavy (non-hydrogen) atoms. The monoisotopic (exact) mass is 214 g/mol. The molecule has 0 aromatic rings. The molecule has 0 bridgehead atoms. The average molecular weight is 214 g/mol. The van der Waals surface area contributed by atoms with Gasteiger partial charge in [0.15, 0.2) is 0 Å². The molecule has 4 heteroatoms. The van der Waals surface area contributed by atoms with Crippen molar-refractivity contribution in [3.8, 4) is 0 Å². The first-order chi connectivity index (χ1) is 7.24. The van der Waals surface area contributed by atoms with Crippen molar-refractivity contribution in [2.45, 2.75) is 31.7 Å². The summed E-state index contributed by atoms with van der Waals surface area (Å²) in [5, 5.41) is 3.10. The van der Waals surface area contributed by atoms with E-state index in [2.05, 4.69) is 22.0 Å². The van der Waals surface area contributed by atoms with Crippen molar-refractivity contribution < 1.29 is 9.53 Å². The largest absolute Gasteiger partial charge is 0.468 e. The molecule has 0 spiro atoms. The summed E-state index contributed by atoms with van der Waals surface area (Å²) < 4.78 is 4.55. The number of carbonyl (C=O) groups excluding carboxylic acids is 1. The van der Waals surface area contributed by atoms with Crippen molar-refractivity contribution in [3.63, 3.8) is 0 Å². The number of piperidine rings is 1. The van der Waals surface area contributed by atoms with E-state index in [0.29, 0.717) is 12.6 Å². The first-order valence-electron chi connectivity index (χ1n) is 5.72. The van der Waals surface area contributed by atoms with Gasteiger partial charge < -0.3 is 15.0 Å². The third kappa shape index (κ3) is 4.62. The van der Waals surface area contributed by atoms with Gasteiger partial charge in [-0.15, -0.1) is 0 Å². The molecule has 1 atom stereocenters. The third-order valence-corrected chi connectivity index (χ3v) is 3.07. The predicted molar refractivity (Wildman–Crippen MR) is 59.8 cm³/mol. The smallest absolute Gasteiger partial charge is 0.319 e. The molecule has 1 saturated heterocycles. The minimum Gasteiger partial charge on any atom is -0.468 e. The van der Waals surface area contributed by atoms with Crippen molar-refractivity contribution in [2.24, 2.45) is 0 Å². The van der Waals surface area contributed by atoms with Crippen LogP contribution in [0.2, 0.25) is 0 Å². The van der Waals surface area contributed by atoms with E-state index < -0.39 is 0 Å². The number of rotatable bonds is 5. The van der Waals surface area contributed by atoms with Crippen LogP contribution >= 0.6 is 0 Å². The van der Waals surface area contributed by atoms with Gasteiger partial charge in [0.1, 0.15) is 0 Å². The summed E-state index contributed by atoms with van der Waals surface area (Å²) in [6, 6.07) is 0.684. The maximum Gasteiger partial charge on any atom is 0.319 e. The number of hydrogen-bond donors (Lipinski definition) is 1. The Kier molecular flexibility index (Phi) is 5.65. The van der Waals surface area contributed by atoms with Crippen LogP contribution in [0.5, 0.6) is 0 Å². The zero-order valence-corrected chi connectivity index (χ0v) is 9.79. The summed E-state index contributed by atoms with van der Waals surface area (Å²) in [4.78, 5) is 13.3. The molecule has 4 nitrogen and oxygen atoms in total. The van der Waals surface area contributed by atoms with E-state index in [1.165, 1.54) is 32.9 Å². The fourth-order valence-corrected chi connectivity index (χ4v) is 2.04. The molecule has 0 radical (unpaired) electrons. The number of esters is 1. The first kappa shape index (κ1) is 12.5. The van der Waals surface area contributed by atoms with E-state index in [1.807, 2.05) is 0 Å². The summed E-state index contributed by atoms with van der Waals surface area (Å²) in [6.07, 6.45) is 5.07. The van der Waals surface area contributed by atoms with E-state index in [4.69, 9.17) is 0 Å². The minimum atomic E-state index is -0.188. The lowest BCUT2D eigenvalue weighted by atomic mass is 10.0. The molecule has 1 aliphatic heterocycles. The quantitative estimate of drug-likeness (QED) is 0.538. The summed E-state index contributed by atoms with van der Waals surface area (Å²) in [5.74, 6) is -0.188. The van der Waals surface area contributed by atoms with Gasteiger partial charge >= 0.3 is 5.97 Å². The lowest BCUT2D eigenvalue weighted by Crippen LogP contribution is -2.38. The van der Waals surface area contributed by atoms with E-state index in [-0.39, 0.29) is 5.97 Å². The van der Waals surface area contributed by atoms with E-state index in [0.717, 1.165) is 13.0 Å². The lowest BCUT2D eigenvalue weighted by Gasteiger charge is -2.32. The van der Waals surface area contributed by atoms with Crippen LogP contribution in [-0.2, 0) is 9.53 Å². The SMILES string of the molecule is COC(=O)CNCCC1CCCCN1C. The molecule has 1 rings (SSSR count). The molecular formula is C11H22N2O2. The van der Waals surface area contributed by atoms with E-state index in [1.54, 1.807) is 0 Å². The van der Waals surface area contributed by atoms with Crippen LogP contribution in [0, 0.1) is 0 Å². The van der Waals surface area contributed by atoms with Gasteiger partial charge in [-0.25, -0.2) is 0 Å². The normalized spacial score (nSPS) is 22.7. The fourth-order valence-electron chi connectivity index (χ4n) is 2.04. The number of likely N-dealkylation sites (tertiary alicyclic amines) is 1. The number of nitrogens with one attached hydrogen (secondary N) is 1. The van der Waals surface area contributed by atoms with Gasteiger partial charge in [0, 0.05) is 6.04 Å². The summed E-state index contributed by atoms with van der Waals surface area (Å²) >= 11 is 0. The number of carbonyl (C=O) groups is 1. The lowest BCUT2D eigenvalue weighted by molar-refractivity contribution is -0.139. The Morgan fingerprint density at radius 2 is 2.33 bits per heavy atom. The average Bonchev–Trinajstić information content (AvgIpc) is 2.26. The van der Waals surface area contributed by atoms with Gasteiger partial charge in [-0.05, 0) is 39.4 Å². The van der Waals surface area contributed by atoms with Gasteiger partial charge in [-0.2, -0.15) is 0 Å². The van der Waals surface area contributed by atoms with Crippen LogP contribution < -0.4 is 5.32 Å². The van der Waals surface area contributed by atoms with Crippen molar-refractivity contribution in [3.05, 3.63) is 0 Å². The van der Waals surface area contributed by atoms with Gasteiger partial charge in [0.05, 0.1) is 13.7 Å². The molecule has 1 heterocycles. The van der Waals surface area contributed by atoms with Gasteiger partial charge in [-0.1, -0.05) is 6.42 Å². The highest BCUT2D eigenvalue weighted by atomic mass is 16.5. The topological polar surface area (TPSA) is 41.6 Å². The first-order valence-corrected chi connectivity index (χ1v) is 5.72. The molecule has 1 aliphatic rings. The molecular weight excluding hydrogens is 192 g/mol. The van der Waals surface area contributed by atoms with Gasteiger partial charge in [0.25, 0.3) is 0 Å². The molecule has 0 saturated carbocycles. The maximum absolute atomic E-state index is 10.8. The molecule has 0 aromatic carbocycles. The predicted octanol–water partition coefficient (Wildman–Crippen LogP) is 0.623. The van der Waals surface area contributed by atoms with Crippen LogP contribution in [0.3, 0.4) is 0 Å². The number of ether oxygens (including phenoxy) is 1. The van der Waals surface area contributed by atoms with Gasteiger partial charge in [0.2, 0.25) is 0 Å². The number of nitrogens with zero attached hydrogens (tertiary/aromatic N) is 1. The standard InChI is InChI=1S/C11H22N2O2/c1-13-8-4-3-5-10(13)6-7-12-9-11(14)15-2/h10,12H,3-9H2,1-2H3. The molecule has 1 N–H and O–H groups in total. The third-order valence-electron chi connectivity index (χ3n) is 3.07. The second-order valence-corrected chi connectivity index (χ2v) is 4.17. The van der Waals surface area contributed by atoms with Crippen molar-refractivity contribution in [2.75, 3.05) is 33.8 Å². The number of methoxy groups -OCH3 is 1. The Bertz CT molecular complexity index is 197. The Morgan fingerprint density at radius 1 is 1.53 bits per heavy atom. The van der Waals surface area contributed by atoms with E-state index in [9.17, 15) is 4.79 Å². The Balaban J connectivity index is 2.06. The Labute approximate surface area is 92.0 Å². The molecule has 0 aliphatic carbocycles. The van der Waals surface area contributed by atoms with E-state index >= 15 is 0 Å². The van der Waals surface area contributed by atoms with Crippen molar-refractivity contribution in [1.82, 2.24) is 10.2 Å². The zero-order chi connectivity index (χ0) is 11.1. The summed E-state index contributed by atoms with van der Waals surface area (Å²) in [7, 11) is 3.60. The molecule has 88 valence electrons. The highest BCUT2D eigenvalue weighted by Crippen LogP contribution is 2.16. The minimum absolute atomic E-state index is 0.188. The summed E-state index contributed by atoms with van der Waals surface area (Å²) in [6.45, 7) is 2.43. The maximum atomic E-state index is 10.8. The van der Waals surface area contributed by atoms with Crippen LogP contribution in [0.4, 0.5) is 0 Å². The van der Waals surface area contributed by atoms with Crippen LogP contribution in [0.25, 0.3) is 0 Å². The second-order valence-electron chi connectivity index (χ2n) is 4.17. The highest BCUT2D eigenvalue weighted by molar-refractivity contribution is 5.71. The van der Waals surface area contributed by atoms with Crippen LogP contribution in [-0.4, -0.2) is 50.7 Å². The van der Waals surface area contributed by atoms with Crippen molar-refractivity contribution in [1.29, 1.82) is 0 Å². The highest BCUT2D eigenvalue weighted by Gasteiger charge is 2.17. The molecule has 1 unspecified atom stereocenters. The molecule has 1 fully saturated rings. The van der Waals surface area contributed by atoms with Crippen molar-refractivity contribution >= 4 is 5.97 Å². The fraction of sp³-hybridized carbons (Fsp3) is 0.909. The molecule has 0 amide bonds. The van der Waals surface area contributed by atoms with Crippen LogP contribution in [0.1, 0.15) is 25.7 Å². The zero-order valence-electron chi connectivity index (χ0n) is 9.79. The Morgan fingerprint density at radius 3 is 3.00 bits per heavy atom. The second kappa shape index (κ2) is 6.80. The Hall–Kier alpha value is -0.610. The summed E-state index contributed by atoms with van der Waals surface area (Å²) in [5.41, 5.74) is 0.